The van der Waals surface area contributed by atoms with Gasteiger partial charge in [-0.1, -0.05) is 24.3 Å². The Hall–Kier alpha value is -2.56. The van der Waals surface area contributed by atoms with Crippen LogP contribution in [0.3, 0.4) is 0 Å². The molecule has 1 aliphatic rings. The molecule has 0 radical (unpaired) electrons. The van der Waals surface area contributed by atoms with Crippen molar-refractivity contribution in [3.8, 4) is 5.75 Å². The zero-order valence-electron chi connectivity index (χ0n) is 10.4. The van der Waals surface area contributed by atoms with Crippen molar-refractivity contribution in [1.82, 2.24) is 4.90 Å². The lowest BCUT2D eigenvalue weighted by molar-refractivity contribution is -0.136. The van der Waals surface area contributed by atoms with Crippen LogP contribution in [0.5, 0.6) is 5.75 Å². The predicted octanol–water partition coefficient (Wildman–Crippen LogP) is 2.46. The quantitative estimate of drug-likeness (QED) is 0.765. The summed E-state index contributed by atoms with van der Waals surface area (Å²) in [6.07, 6.45) is 4.51. The van der Waals surface area contributed by atoms with E-state index in [1.54, 1.807) is 36.5 Å². The summed E-state index contributed by atoms with van der Waals surface area (Å²) in [5, 5.41) is 0. The van der Waals surface area contributed by atoms with Crippen molar-refractivity contribution < 1.29 is 19.1 Å². The third-order valence-electron chi connectivity index (χ3n) is 2.51. The molecule has 0 aromatic heterocycles. The van der Waals surface area contributed by atoms with Crippen LogP contribution in [0.1, 0.15) is 6.42 Å². The van der Waals surface area contributed by atoms with Gasteiger partial charge in [-0.15, -0.1) is 0 Å². The molecule has 0 fully saturated rings. The molecule has 0 N–H and O–H groups in total. The van der Waals surface area contributed by atoms with Gasteiger partial charge in [0.1, 0.15) is 5.75 Å². The van der Waals surface area contributed by atoms with Crippen molar-refractivity contribution in [2.45, 2.75) is 6.42 Å². The van der Waals surface area contributed by atoms with Gasteiger partial charge in [0, 0.05) is 18.8 Å². The SMILES string of the molecule is COC(=O)C1=CN(C(=O)Oc2ccccc2)C=CC1. The zero-order chi connectivity index (χ0) is 13.7. The molecule has 1 amide bonds. The van der Waals surface area contributed by atoms with Crippen LogP contribution in [0.15, 0.2) is 54.4 Å². The number of ether oxygens (including phenoxy) is 2. The van der Waals surface area contributed by atoms with Gasteiger partial charge in [0.2, 0.25) is 0 Å². The Morgan fingerprint density at radius 1 is 1.21 bits per heavy atom. The van der Waals surface area contributed by atoms with Gasteiger partial charge in [0.15, 0.2) is 0 Å². The first kappa shape index (κ1) is 12.9. The first-order chi connectivity index (χ1) is 9.20. The van der Waals surface area contributed by atoms with Gasteiger partial charge < -0.3 is 9.47 Å². The number of hydrogen-bond donors (Lipinski definition) is 0. The molecule has 0 bridgehead atoms. The normalized spacial score (nSPS) is 13.7. The lowest BCUT2D eigenvalue weighted by Crippen LogP contribution is -2.27. The van der Waals surface area contributed by atoms with E-state index in [9.17, 15) is 9.59 Å². The molecule has 5 nitrogen and oxygen atoms in total. The maximum absolute atomic E-state index is 11.9. The fraction of sp³-hybridized carbons (Fsp3) is 0.143. The topological polar surface area (TPSA) is 55.8 Å². The molecule has 5 heteroatoms. The Morgan fingerprint density at radius 3 is 2.63 bits per heavy atom. The number of esters is 1. The summed E-state index contributed by atoms with van der Waals surface area (Å²) < 4.78 is 9.77. The molecular weight excluding hydrogens is 246 g/mol. The van der Waals surface area contributed by atoms with E-state index in [1.165, 1.54) is 18.2 Å². The number of allylic oxidation sites excluding steroid dienone is 1. The van der Waals surface area contributed by atoms with Crippen LogP contribution in [0.2, 0.25) is 0 Å². The van der Waals surface area contributed by atoms with E-state index >= 15 is 0 Å². The highest BCUT2D eigenvalue weighted by atomic mass is 16.6. The first-order valence-corrected chi connectivity index (χ1v) is 5.71. The molecule has 0 saturated carbocycles. The number of rotatable bonds is 2. The minimum Gasteiger partial charge on any atom is -0.466 e. The van der Waals surface area contributed by atoms with Crippen LogP contribution in [-0.2, 0) is 9.53 Å². The first-order valence-electron chi connectivity index (χ1n) is 5.71. The summed E-state index contributed by atoms with van der Waals surface area (Å²) in [7, 11) is 1.30. The van der Waals surface area contributed by atoms with E-state index in [4.69, 9.17) is 4.74 Å². The van der Waals surface area contributed by atoms with Crippen LogP contribution in [0.25, 0.3) is 0 Å². The maximum Gasteiger partial charge on any atom is 0.423 e. The second kappa shape index (κ2) is 5.86. The molecule has 98 valence electrons. The summed E-state index contributed by atoms with van der Waals surface area (Å²) in [5.74, 6) is -0.0126. The molecule has 0 spiro atoms. The molecule has 1 aromatic carbocycles. The average molecular weight is 259 g/mol. The molecule has 0 aliphatic carbocycles. The second-order valence-corrected chi connectivity index (χ2v) is 3.82. The third kappa shape index (κ3) is 3.22. The second-order valence-electron chi connectivity index (χ2n) is 3.82. The molecule has 0 saturated heterocycles. The fourth-order valence-electron chi connectivity index (χ4n) is 1.58. The van der Waals surface area contributed by atoms with Crippen LogP contribution in [0, 0.1) is 0 Å². The third-order valence-corrected chi connectivity index (χ3v) is 2.51. The largest absolute Gasteiger partial charge is 0.466 e. The summed E-state index contributed by atoms with van der Waals surface area (Å²) in [6, 6.07) is 8.72. The van der Waals surface area contributed by atoms with Crippen LogP contribution >= 0.6 is 0 Å². The number of benzene rings is 1. The van der Waals surface area contributed by atoms with Gasteiger partial charge in [-0.3, -0.25) is 4.90 Å². The molecular formula is C14H13NO4. The highest BCUT2D eigenvalue weighted by molar-refractivity contribution is 5.89. The van der Waals surface area contributed by atoms with Gasteiger partial charge in [-0.2, -0.15) is 0 Å². The van der Waals surface area contributed by atoms with E-state index < -0.39 is 12.1 Å². The van der Waals surface area contributed by atoms with Crippen molar-refractivity contribution in [2.24, 2.45) is 0 Å². The molecule has 1 aromatic rings. The number of amides is 1. The standard InChI is InChI=1S/C14H13NO4/c1-18-13(16)11-6-5-9-15(10-11)14(17)19-12-7-3-2-4-8-12/h2-5,7-10H,6H2,1H3. The van der Waals surface area contributed by atoms with Gasteiger partial charge >= 0.3 is 12.1 Å². The molecule has 1 aliphatic heterocycles. The molecule has 1 heterocycles. The van der Waals surface area contributed by atoms with E-state index in [-0.39, 0.29) is 0 Å². The smallest absolute Gasteiger partial charge is 0.423 e. The summed E-state index contributed by atoms with van der Waals surface area (Å²) in [5.41, 5.74) is 0.398. The summed E-state index contributed by atoms with van der Waals surface area (Å²) in [4.78, 5) is 24.5. The number of nitrogens with zero attached hydrogens (tertiary/aromatic N) is 1. The Kier molecular flexibility index (Phi) is 3.97. The van der Waals surface area contributed by atoms with Crippen molar-refractivity contribution in [1.29, 1.82) is 0 Å². The lowest BCUT2D eigenvalue weighted by Gasteiger charge is -2.18. The van der Waals surface area contributed by atoms with E-state index in [1.807, 2.05) is 6.07 Å². The molecule has 0 unspecified atom stereocenters. The summed E-state index contributed by atoms with van der Waals surface area (Å²) in [6.45, 7) is 0. The van der Waals surface area contributed by atoms with Crippen LogP contribution in [-0.4, -0.2) is 24.1 Å². The van der Waals surface area contributed by atoms with Gasteiger partial charge in [-0.05, 0) is 12.1 Å². The molecule has 19 heavy (non-hydrogen) atoms. The zero-order valence-corrected chi connectivity index (χ0v) is 10.4. The minimum absolute atomic E-state index is 0.398. The minimum atomic E-state index is -0.580. The summed E-state index contributed by atoms with van der Waals surface area (Å²) >= 11 is 0. The highest BCUT2D eigenvalue weighted by Gasteiger charge is 2.18. The lowest BCUT2D eigenvalue weighted by atomic mass is 10.1. The predicted molar refractivity (Wildman–Crippen MR) is 68.2 cm³/mol. The van der Waals surface area contributed by atoms with Crippen molar-refractivity contribution in [3.63, 3.8) is 0 Å². The van der Waals surface area contributed by atoms with Crippen molar-refractivity contribution in [2.75, 3.05) is 7.11 Å². The van der Waals surface area contributed by atoms with E-state index in [0.717, 1.165) is 0 Å². The van der Waals surface area contributed by atoms with E-state index in [0.29, 0.717) is 17.7 Å². The Labute approximate surface area is 110 Å². The number of carbonyl (C=O) groups is 2. The Balaban J connectivity index is 2.07. The molecule has 2 rings (SSSR count). The monoisotopic (exact) mass is 259 g/mol. The Bertz CT molecular complexity index is 534. The average Bonchev–Trinajstić information content (AvgIpc) is 2.47. The highest BCUT2D eigenvalue weighted by Crippen LogP contribution is 2.16. The van der Waals surface area contributed by atoms with Crippen molar-refractivity contribution >= 4 is 12.1 Å². The number of methoxy groups -OCH3 is 1. The number of para-hydroxylation sites is 1. The van der Waals surface area contributed by atoms with Crippen LogP contribution < -0.4 is 4.74 Å². The maximum atomic E-state index is 11.9. The van der Waals surface area contributed by atoms with Gasteiger partial charge in [0.05, 0.1) is 12.7 Å². The number of carbonyl (C=O) groups excluding carboxylic acids is 2. The van der Waals surface area contributed by atoms with Gasteiger partial charge in [0.25, 0.3) is 0 Å². The van der Waals surface area contributed by atoms with Crippen molar-refractivity contribution in [3.05, 3.63) is 54.4 Å². The molecule has 0 atom stereocenters. The Morgan fingerprint density at radius 2 is 1.95 bits per heavy atom. The van der Waals surface area contributed by atoms with Gasteiger partial charge in [-0.25, -0.2) is 9.59 Å². The number of hydrogen-bond acceptors (Lipinski definition) is 4. The fourth-order valence-corrected chi connectivity index (χ4v) is 1.58. The van der Waals surface area contributed by atoms with Crippen LogP contribution in [0.4, 0.5) is 4.79 Å². The van der Waals surface area contributed by atoms with E-state index in [2.05, 4.69) is 4.74 Å².